The fraction of sp³-hybridized carbons (Fsp3) is 0.444. The van der Waals surface area contributed by atoms with E-state index in [0.29, 0.717) is 10.2 Å². The Balaban J connectivity index is 2.96. The molecule has 1 aromatic rings. The molecule has 0 aliphatic rings. The van der Waals surface area contributed by atoms with Crippen LogP contribution in [0, 0.1) is 0 Å². The number of carbonyl (C=O) groups is 1. The highest BCUT2D eigenvalue weighted by Crippen LogP contribution is 2.34. The zero-order valence-electron chi connectivity index (χ0n) is 9.31. The molecule has 0 bridgehead atoms. The van der Waals surface area contributed by atoms with E-state index < -0.39 is 22.0 Å². The van der Waals surface area contributed by atoms with Crippen molar-refractivity contribution in [2.24, 2.45) is 0 Å². The molecule has 0 saturated heterocycles. The first kappa shape index (κ1) is 15.9. The van der Waals surface area contributed by atoms with Crippen LogP contribution in [0.1, 0.15) is 19.8 Å². The van der Waals surface area contributed by atoms with Crippen molar-refractivity contribution in [1.29, 1.82) is 0 Å². The lowest BCUT2D eigenvalue weighted by molar-refractivity contribution is -0.139. The molecule has 9 heteroatoms. The number of rotatable bonds is 6. The van der Waals surface area contributed by atoms with Gasteiger partial charge in [0.05, 0.1) is 8.81 Å². The smallest absolute Gasteiger partial charge is 0.321 e. The second-order valence-electron chi connectivity index (χ2n) is 3.49. The summed E-state index contributed by atoms with van der Waals surface area (Å²) in [6.07, 6.45) is 0.795. The van der Waals surface area contributed by atoms with Gasteiger partial charge in [-0.3, -0.25) is 4.79 Å². The predicted octanol–water partition coefficient (Wildman–Crippen LogP) is 2.70. The Labute approximate surface area is 122 Å². The molecule has 2 N–H and O–H groups in total. The molecule has 1 rings (SSSR count). The summed E-state index contributed by atoms with van der Waals surface area (Å²) in [5, 5.41) is 9.20. The van der Waals surface area contributed by atoms with Crippen molar-refractivity contribution in [1.82, 2.24) is 4.72 Å². The zero-order chi connectivity index (χ0) is 13.9. The molecule has 1 atom stereocenters. The van der Waals surface area contributed by atoms with Crippen molar-refractivity contribution in [3.8, 4) is 0 Å². The van der Waals surface area contributed by atoms with Gasteiger partial charge in [0, 0.05) is 0 Å². The van der Waals surface area contributed by atoms with Crippen molar-refractivity contribution < 1.29 is 18.3 Å². The first-order valence-electron chi connectivity index (χ1n) is 4.98. The van der Waals surface area contributed by atoms with E-state index in [1.165, 1.54) is 6.07 Å². The number of nitrogens with one attached hydrogen (secondary N) is 1. The second-order valence-corrected chi connectivity index (χ2v) is 8.21. The Kier molecular flexibility index (Phi) is 5.60. The SMILES string of the molecule is CCCC(NS(=O)(=O)c1cc(Cl)c(Br)s1)C(=O)O. The number of halogens is 2. The van der Waals surface area contributed by atoms with Gasteiger partial charge in [0.25, 0.3) is 10.0 Å². The Morgan fingerprint density at radius 3 is 2.67 bits per heavy atom. The van der Waals surface area contributed by atoms with Crippen LogP contribution in [0.5, 0.6) is 0 Å². The normalized spacial score (nSPS) is 13.5. The number of sulfonamides is 1. The van der Waals surface area contributed by atoms with Crippen molar-refractivity contribution in [3.05, 3.63) is 14.9 Å². The first-order chi connectivity index (χ1) is 8.27. The highest BCUT2D eigenvalue weighted by Gasteiger charge is 2.26. The zero-order valence-corrected chi connectivity index (χ0v) is 13.3. The molecule has 5 nitrogen and oxygen atoms in total. The summed E-state index contributed by atoms with van der Waals surface area (Å²) in [6, 6.07) is 0.156. The molecule has 0 fully saturated rings. The number of carboxylic acids is 1. The fourth-order valence-corrected chi connectivity index (χ4v) is 4.86. The van der Waals surface area contributed by atoms with Crippen LogP contribution in [0.25, 0.3) is 0 Å². The third-order valence-corrected chi connectivity index (χ3v) is 6.48. The van der Waals surface area contributed by atoms with Gasteiger partial charge in [0.2, 0.25) is 0 Å². The van der Waals surface area contributed by atoms with Crippen LogP contribution >= 0.6 is 38.9 Å². The topological polar surface area (TPSA) is 83.5 Å². The van der Waals surface area contributed by atoms with Gasteiger partial charge < -0.3 is 5.11 Å². The molecule has 18 heavy (non-hydrogen) atoms. The molecule has 0 radical (unpaired) electrons. The van der Waals surface area contributed by atoms with Crippen molar-refractivity contribution in [2.75, 3.05) is 0 Å². The van der Waals surface area contributed by atoms with Crippen LogP contribution in [-0.2, 0) is 14.8 Å². The lowest BCUT2D eigenvalue weighted by Gasteiger charge is -2.12. The predicted molar refractivity (Wildman–Crippen MR) is 73.7 cm³/mol. The van der Waals surface area contributed by atoms with Gasteiger partial charge >= 0.3 is 5.97 Å². The van der Waals surface area contributed by atoms with E-state index in [-0.39, 0.29) is 15.7 Å². The minimum atomic E-state index is -3.86. The average Bonchev–Trinajstić information content (AvgIpc) is 2.59. The van der Waals surface area contributed by atoms with Crippen LogP contribution in [-0.4, -0.2) is 25.5 Å². The van der Waals surface area contributed by atoms with Crippen molar-refractivity contribution >= 4 is 54.9 Å². The minimum Gasteiger partial charge on any atom is -0.480 e. The third kappa shape index (κ3) is 3.92. The first-order valence-corrected chi connectivity index (χ1v) is 8.45. The summed E-state index contributed by atoms with van der Waals surface area (Å²) in [7, 11) is -3.86. The van der Waals surface area contributed by atoms with E-state index >= 15 is 0 Å². The van der Waals surface area contributed by atoms with E-state index in [1.54, 1.807) is 6.92 Å². The number of thiophene rings is 1. The Bertz CT molecular complexity index is 523. The molecule has 0 aliphatic carbocycles. The molecule has 1 heterocycles. The molecule has 0 aromatic carbocycles. The molecular formula is C9H11BrClNO4S2. The van der Waals surface area contributed by atoms with Crippen LogP contribution in [0.2, 0.25) is 5.02 Å². The molecule has 1 aromatic heterocycles. The summed E-state index contributed by atoms with van der Waals surface area (Å²) in [5.74, 6) is -1.19. The van der Waals surface area contributed by atoms with Crippen LogP contribution in [0.4, 0.5) is 0 Å². The maximum absolute atomic E-state index is 11.9. The Morgan fingerprint density at radius 2 is 2.28 bits per heavy atom. The highest BCUT2D eigenvalue weighted by atomic mass is 79.9. The highest BCUT2D eigenvalue weighted by molar-refractivity contribution is 9.11. The summed E-state index contributed by atoms with van der Waals surface area (Å²) in [4.78, 5) is 10.9. The summed E-state index contributed by atoms with van der Waals surface area (Å²) >= 11 is 9.80. The number of carboxylic acid groups (broad SMARTS) is 1. The van der Waals surface area contributed by atoms with Gasteiger partial charge in [0.15, 0.2) is 0 Å². The third-order valence-electron chi connectivity index (χ3n) is 2.06. The standard InChI is InChI=1S/C9H11BrClNO4S2/c1-2-3-6(9(13)14)12-18(15,16)7-4-5(11)8(10)17-7/h4,6,12H,2-3H2,1H3,(H,13,14). The number of hydrogen-bond acceptors (Lipinski definition) is 4. The maximum Gasteiger partial charge on any atom is 0.321 e. The van der Waals surface area contributed by atoms with E-state index in [2.05, 4.69) is 20.7 Å². The number of aliphatic carboxylic acids is 1. The van der Waals surface area contributed by atoms with Crippen LogP contribution < -0.4 is 4.72 Å². The van der Waals surface area contributed by atoms with Crippen LogP contribution in [0.3, 0.4) is 0 Å². The quantitative estimate of drug-likeness (QED) is 0.799. The Morgan fingerprint density at radius 1 is 1.67 bits per heavy atom. The monoisotopic (exact) mass is 375 g/mol. The lowest BCUT2D eigenvalue weighted by Crippen LogP contribution is -2.40. The molecule has 0 amide bonds. The van der Waals surface area contributed by atoms with E-state index in [9.17, 15) is 13.2 Å². The van der Waals surface area contributed by atoms with Gasteiger partial charge in [-0.25, -0.2) is 8.42 Å². The van der Waals surface area contributed by atoms with E-state index in [1.807, 2.05) is 0 Å². The fourth-order valence-electron chi connectivity index (χ4n) is 1.23. The summed E-state index contributed by atoms with van der Waals surface area (Å²) in [5.41, 5.74) is 0. The minimum absolute atomic E-state index is 0.0123. The average molecular weight is 377 g/mol. The second kappa shape index (κ2) is 6.33. The molecule has 102 valence electrons. The molecule has 0 aliphatic heterocycles. The lowest BCUT2D eigenvalue weighted by atomic mass is 10.2. The van der Waals surface area contributed by atoms with Crippen molar-refractivity contribution in [2.45, 2.75) is 30.0 Å². The van der Waals surface area contributed by atoms with Gasteiger partial charge in [-0.05, 0) is 28.4 Å². The maximum atomic E-state index is 11.9. The number of hydrogen-bond donors (Lipinski definition) is 2. The van der Waals surface area contributed by atoms with Crippen LogP contribution in [0.15, 0.2) is 14.1 Å². The molecular weight excluding hydrogens is 366 g/mol. The van der Waals surface area contributed by atoms with Gasteiger partial charge in [-0.1, -0.05) is 24.9 Å². The Hall–Kier alpha value is -0.150. The van der Waals surface area contributed by atoms with E-state index in [4.69, 9.17) is 16.7 Å². The van der Waals surface area contributed by atoms with E-state index in [0.717, 1.165) is 11.3 Å². The molecule has 1 unspecified atom stereocenters. The summed E-state index contributed by atoms with van der Waals surface area (Å²) in [6.45, 7) is 1.78. The van der Waals surface area contributed by atoms with Gasteiger partial charge in [-0.2, -0.15) is 4.72 Å². The van der Waals surface area contributed by atoms with Crippen molar-refractivity contribution in [3.63, 3.8) is 0 Å². The molecule has 0 spiro atoms. The largest absolute Gasteiger partial charge is 0.480 e. The van der Waals surface area contributed by atoms with Gasteiger partial charge in [-0.15, -0.1) is 11.3 Å². The summed E-state index contributed by atoms with van der Waals surface area (Å²) < 4.78 is 26.5. The molecule has 0 saturated carbocycles. The van der Waals surface area contributed by atoms with Gasteiger partial charge in [0.1, 0.15) is 10.3 Å².